The molecule has 1 aromatic rings. The summed E-state index contributed by atoms with van der Waals surface area (Å²) in [7, 11) is 0. The van der Waals surface area contributed by atoms with Crippen molar-refractivity contribution in [2.75, 3.05) is 6.54 Å². The Morgan fingerprint density at radius 3 is 2.33 bits per heavy atom. The normalized spacial score (nSPS) is 8.50. The van der Waals surface area contributed by atoms with E-state index in [2.05, 4.69) is 6.07 Å². The predicted molar refractivity (Wildman–Crippen MR) is 66.4 cm³/mol. The number of allylic oxidation sites excluding steroid dienone is 1. The SMILES string of the molecule is N#CCCN(C=C(C#N)C#N)Cc1ccccc1. The predicted octanol–water partition coefficient (Wildman–Crippen LogP) is 2.33. The topological polar surface area (TPSA) is 74.6 Å². The molecule has 0 atom stereocenters. The first-order valence-corrected chi connectivity index (χ1v) is 5.47. The molecule has 0 aliphatic heterocycles. The number of hydrogen-bond acceptors (Lipinski definition) is 4. The lowest BCUT2D eigenvalue weighted by atomic mass is 10.2. The van der Waals surface area contributed by atoms with Gasteiger partial charge in [0.15, 0.2) is 0 Å². The van der Waals surface area contributed by atoms with Crippen LogP contribution in [0.25, 0.3) is 0 Å². The minimum atomic E-state index is 0.0453. The Morgan fingerprint density at radius 2 is 1.78 bits per heavy atom. The second-order valence-corrected chi connectivity index (χ2v) is 3.63. The third-order valence-corrected chi connectivity index (χ3v) is 2.29. The molecule has 0 fully saturated rings. The van der Waals surface area contributed by atoms with E-state index in [9.17, 15) is 0 Å². The lowest BCUT2D eigenvalue weighted by Crippen LogP contribution is -2.18. The molecule has 0 aromatic heterocycles. The number of benzene rings is 1. The molecule has 88 valence electrons. The summed E-state index contributed by atoms with van der Waals surface area (Å²) >= 11 is 0. The van der Waals surface area contributed by atoms with E-state index in [-0.39, 0.29) is 5.57 Å². The Kier molecular flexibility index (Phi) is 5.54. The van der Waals surface area contributed by atoms with E-state index in [0.29, 0.717) is 19.5 Å². The van der Waals surface area contributed by atoms with Gasteiger partial charge in [-0.15, -0.1) is 0 Å². The van der Waals surface area contributed by atoms with Gasteiger partial charge in [0.1, 0.15) is 17.7 Å². The molecule has 0 heterocycles. The molecule has 0 N–H and O–H groups in total. The molecule has 0 bridgehead atoms. The zero-order valence-corrected chi connectivity index (χ0v) is 9.87. The lowest BCUT2D eigenvalue weighted by molar-refractivity contribution is 0.376. The second kappa shape index (κ2) is 7.49. The van der Waals surface area contributed by atoms with Crippen molar-refractivity contribution in [2.45, 2.75) is 13.0 Å². The minimum Gasteiger partial charge on any atom is -0.370 e. The van der Waals surface area contributed by atoms with Crippen LogP contribution in [0, 0.1) is 34.0 Å². The van der Waals surface area contributed by atoms with Crippen LogP contribution in [-0.2, 0) is 6.54 Å². The average molecular weight is 236 g/mol. The van der Waals surface area contributed by atoms with E-state index < -0.39 is 0 Å². The van der Waals surface area contributed by atoms with Gasteiger partial charge in [0.05, 0.1) is 12.5 Å². The highest BCUT2D eigenvalue weighted by Crippen LogP contribution is 2.07. The Bertz CT molecular complexity index is 510. The monoisotopic (exact) mass is 236 g/mol. The van der Waals surface area contributed by atoms with Crippen LogP contribution in [0.3, 0.4) is 0 Å². The molecule has 1 aromatic carbocycles. The molecule has 0 radical (unpaired) electrons. The largest absolute Gasteiger partial charge is 0.370 e. The van der Waals surface area contributed by atoms with Gasteiger partial charge in [-0.2, -0.15) is 15.8 Å². The minimum absolute atomic E-state index is 0.0453. The maximum atomic E-state index is 8.73. The lowest BCUT2D eigenvalue weighted by Gasteiger charge is -2.18. The van der Waals surface area contributed by atoms with Crippen molar-refractivity contribution in [3.63, 3.8) is 0 Å². The highest BCUT2D eigenvalue weighted by Gasteiger charge is 2.03. The zero-order chi connectivity index (χ0) is 13.2. The van der Waals surface area contributed by atoms with Gasteiger partial charge < -0.3 is 4.90 Å². The number of rotatable bonds is 5. The molecule has 0 amide bonds. The van der Waals surface area contributed by atoms with Gasteiger partial charge in [-0.05, 0) is 5.56 Å². The Balaban J connectivity index is 2.81. The zero-order valence-electron chi connectivity index (χ0n) is 9.87. The third-order valence-electron chi connectivity index (χ3n) is 2.29. The fourth-order valence-electron chi connectivity index (χ4n) is 1.47. The summed E-state index contributed by atoms with van der Waals surface area (Å²) in [5.41, 5.74) is 1.12. The van der Waals surface area contributed by atoms with Crippen LogP contribution in [0.1, 0.15) is 12.0 Å². The van der Waals surface area contributed by atoms with E-state index in [4.69, 9.17) is 15.8 Å². The van der Waals surface area contributed by atoms with Crippen molar-refractivity contribution >= 4 is 0 Å². The van der Waals surface area contributed by atoms with Gasteiger partial charge in [-0.25, -0.2) is 0 Å². The molecule has 0 unspecified atom stereocenters. The highest BCUT2D eigenvalue weighted by atomic mass is 15.1. The Morgan fingerprint density at radius 1 is 1.11 bits per heavy atom. The van der Waals surface area contributed by atoms with E-state index in [1.54, 1.807) is 4.90 Å². The first-order chi connectivity index (χ1) is 8.80. The van der Waals surface area contributed by atoms with Crippen LogP contribution in [-0.4, -0.2) is 11.4 Å². The third kappa shape index (κ3) is 4.39. The Hall–Kier alpha value is -2.77. The van der Waals surface area contributed by atoms with Crippen LogP contribution < -0.4 is 0 Å². The van der Waals surface area contributed by atoms with Gasteiger partial charge in [0.25, 0.3) is 0 Å². The molecule has 0 saturated carbocycles. The smallest absolute Gasteiger partial charge is 0.145 e. The standard InChI is InChI=1S/C14H12N4/c15-7-4-8-18(12-14(9-16)10-17)11-13-5-2-1-3-6-13/h1-3,5-6,12H,4,8,11H2. The van der Waals surface area contributed by atoms with Crippen LogP contribution in [0.15, 0.2) is 42.1 Å². The molecule has 0 aliphatic carbocycles. The number of hydrogen-bond donors (Lipinski definition) is 0. The van der Waals surface area contributed by atoms with Crippen LogP contribution in [0.4, 0.5) is 0 Å². The fraction of sp³-hybridized carbons (Fsp3) is 0.214. The van der Waals surface area contributed by atoms with Gasteiger partial charge in [0, 0.05) is 19.3 Å². The highest BCUT2D eigenvalue weighted by molar-refractivity contribution is 5.34. The first-order valence-electron chi connectivity index (χ1n) is 5.47. The summed E-state index contributed by atoms with van der Waals surface area (Å²) in [6, 6.07) is 15.4. The molecule has 0 aliphatic rings. The first kappa shape index (κ1) is 13.3. The molecule has 4 nitrogen and oxygen atoms in total. The molecule has 0 saturated heterocycles. The van der Waals surface area contributed by atoms with Crippen LogP contribution >= 0.6 is 0 Å². The maximum Gasteiger partial charge on any atom is 0.145 e. The average Bonchev–Trinajstić information content (AvgIpc) is 2.42. The van der Waals surface area contributed by atoms with Crippen molar-refractivity contribution in [1.82, 2.24) is 4.90 Å². The Labute approximate surface area is 107 Å². The van der Waals surface area contributed by atoms with Crippen molar-refractivity contribution < 1.29 is 0 Å². The summed E-state index contributed by atoms with van der Waals surface area (Å²) in [5, 5.41) is 26.1. The number of nitrogens with zero attached hydrogens (tertiary/aromatic N) is 4. The summed E-state index contributed by atoms with van der Waals surface area (Å²) < 4.78 is 0. The summed E-state index contributed by atoms with van der Waals surface area (Å²) in [5.74, 6) is 0. The molecule has 1 rings (SSSR count). The van der Waals surface area contributed by atoms with E-state index in [1.165, 1.54) is 6.20 Å². The van der Waals surface area contributed by atoms with Crippen molar-refractivity contribution in [1.29, 1.82) is 15.8 Å². The molecule has 18 heavy (non-hydrogen) atoms. The van der Waals surface area contributed by atoms with Crippen LogP contribution in [0.5, 0.6) is 0 Å². The van der Waals surface area contributed by atoms with Crippen molar-refractivity contribution in [3.8, 4) is 18.2 Å². The quantitative estimate of drug-likeness (QED) is 0.735. The van der Waals surface area contributed by atoms with Gasteiger partial charge in [-0.3, -0.25) is 0 Å². The van der Waals surface area contributed by atoms with Crippen molar-refractivity contribution in [3.05, 3.63) is 47.7 Å². The van der Waals surface area contributed by atoms with E-state index >= 15 is 0 Å². The number of nitriles is 3. The van der Waals surface area contributed by atoms with E-state index in [0.717, 1.165) is 5.56 Å². The summed E-state index contributed by atoms with van der Waals surface area (Å²) in [4.78, 5) is 1.81. The molecule has 0 spiro atoms. The maximum absolute atomic E-state index is 8.73. The summed E-state index contributed by atoms with van der Waals surface area (Å²) in [6.07, 6.45) is 1.86. The second-order valence-electron chi connectivity index (χ2n) is 3.63. The van der Waals surface area contributed by atoms with Crippen LogP contribution in [0.2, 0.25) is 0 Å². The van der Waals surface area contributed by atoms with Gasteiger partial charge >= 0.3 is 0 Å². The molecular formula is C14H12N4. The van der Waals surface area contributed by atoms with E-state index in [1.807, 2.05) is 42.5 Å². The molecular weight excluding hydrogens is 224 g/mol. The molecule has 4 heteroatoms. The van der Waals surface area contributed by atoms with Gasteiger partial charge in [0.2, 0.25) is 0 Å². The fourth-order valence-corrected chi connectivity index (χ4v) is 1.47. The van der Waals surface area contributed by atoms with Crippen molar-refractivity contribution in [2.24, 2.45) is 0 Å². The summed E-state index contributed by atoms with van der Waals surface area (Å²) in [6.45, 7) is 1.08. The van der Waals surface area contributed by atoms with Gasteiger partial charge in [-0.1, -0.05) is 30.3 Å².